The van der Waals surface area contributed by atoms with Crippen LogP contribution in [0, 0.1) is 13.8 Å². The summed E-state index contributed by atoms with van der Waals surface area (Å²) in [5.41, 5.74) is 21.5. The third-order valence-corrected chi connectivity index (χ3v) is 13.5. The van der Waals surface area contributed by atoms with Gasteiger partial charge in [-0.25, -0.2) is 0 Å². The first-order valence-corrected chi connectivity index (χ1v) is 21.2. The zero-order valence-corrected chi connectivity index (χ0v) is 34.4. The smallest absolute Gasteiger partial charge is 0.0713 e. The van der Waals surface area contributed by atoms with E-state index in [1.165, 1.54) is 95.0 Å². The highest BCUT2D eigenvalue weighted by Crippen LogP contribution is 2.58. The molecule has 8 aromatic carbocycles. The first kappa shape index (κ1) is 36.6. The average molecular weight is 760 g/mol. The fourth-order valence-electron chi connectivity index (χ4n) is 10.6. The highest BCUT2D eigenvalue weighted by Gasteiger charge is 2.46. The molecule has 2 aliphatic carbocycles. The van der Waals surface area contributed by atoms with Gasteiger partial charge in [0.1, 0.15) is 0 Å². The zero-order valence-electron chi connectivity index (χ0n) is 34.4. The van der Waals surface area contributed by atoms with Crippen molar-refractivity contribution < 1.29 is 0 Å². The maximum absolute atomic E-state index is 2.49. The molecule has 8 aromatic rings. The Morgan fingerprint density at radius 1 is 0.441 bits per heavy atom. The Morgan fingerprint density at radius 2 is 0.983 bits per heavy atom. The Bertz CT molecular complexity index is 2790. The van der Waals surface area contributed by atoms with Gasteiger partial charge in [0.05, 0.1) is 5.41 Å². The second kappa shape index (κ2) is 14.6. The Labute approximate surface area is 350 Å². The van der Waals surface area contributed by atoms with Gasteiger partial charge in [0.15, 0.2) is 0 Å². The van der Waals surface area contributed by atoms with Gasteiger partial charge in [-0.2, -0.15) is 0 Å². The van der Waals surface area contributed by atoms with E-state index in [1.807, 2.05) is 0 Å². The fraction of sp³-hybridized carbons (Fsp3) is 0.138. The number of hydrogen-bond donors (Lipinski definition) is 0. The summed E-state index contributed by atoms with van der Waals surface area (Å²) in [7, 11) is 0. The highest BCUT2D eigenvalue weighted by atomic mass is 15.1. The summed E-state index contributed by atoms with van der Waals surface area (Å²) in [6, 6.07) is 69.9. The summed E-state index contributed by atoms with van der Waals surface area (Å²) in [5.74, 6) is 0. The second-order valence-electron chi connectivity index (χ2n) is 16.4. The van der Waals surface area contributed by atoms with Crippen LogP contribution in [0.3, 0.4) is 0 Å². The molecular formula is C58H49N. The van der Waals surface area contributed by atoms with Crippen LogP contribution in [-0.2, 0) is 10.8 Å². The molecule has 0 unspecified atom stereocenters. The van der Waals surface area contributed by atoms with Crippen molar-refractivity contribution in [1.82, 2.24) is 0 Å². The summed E-state index contributed by atoms with van der Waals surface area (Å²) in [6.45, 7) is 9.17. The number of para-hydroxylation sites is 2. The van der Waals surface area contributed by atoms with Crippen LogP contribution in [0.4, 0.5) is 17.1 Å². The first-order chi connectivity index (χ1) is 29.0. The van der Waals surface area contributed by atoms with Gasteiger partial charge in [0.2, 0.25) is 0 Å². The van der Waals surface area contributed by atoms with Crippen LogP contribution >= 0.6 is 0 Å². The maximum Gasteiger partial charge on any atom is 0.0713 e. The number of anilines is 3. The first-order valence-electron chi connectivity index (χ1n) is 21.2. The number of aryl methyl sites for hydroxylation is 2. The monoisotopic (exact) mass is 759 g/mol. The Hall–Kier alpha value is -6.70. The fourth-order valence-corrected chi connectivity index (χ4v) is 10.6. The van der Waals surface area contributed by atoms with Crippen LogP contribution in [0.15, 0.2) is 188 Å². The molecule has 0 bridgehead atoms. The van der Waals surface area contributed by atoms with E-state index in [4.69, 9.17) is 0 Å². The SMILES string of the molecule is CCC1(CC)c2cc(/C=C/c3cccc4c3-c3ccccc3C4(c3ccccc3)c3ccccc3)ccc2-c2ccc(N(c3ccccc3C)c3ccccc3C)cc21. The average Bonchev–Trinajstić information content (AvgIpc) is 3.75. The largest absolute Gasteiger partial charge is 0.310 e. The molecule has 0 heterocycles. The van der Waals surface area contributed by atoms with Crippen LogP contribution in [0.25, 0.3) is 34.4 Å². The van der Waals surface area contributed by atoms with Crippen LogP contribution < -0.4 is 4.90 Å². The van der Waals surface area contributed by atoms with Gasteiger partial charge in [0.25, 0.3) is 0 Å². The summed E-state index contributed by atoms with van der Waals surface area (Å²) in [6.07, 6.45) is 6.75. The summed E-state index contributed by atoms with van der Waals surface area (Å²) < 4.78 is 0. The lowest BCUT2D eigenvalue weighted by Gasteiger charge is -2.33. The van der Waals surface area contributed by atoms with Crippen molar-refractivity contribution >= 4 is 29.2 Å². The molecule has 0 fully saturated rings. The van der Waals surface area contributed by atoms with Gasteiger partial charge in [-0.15, -0.1) is 0 Å². The maximum atomic E-state index is 2.49. The summed E-state index contributed by atoms with van der Waals surface area (Å²) in [5, 5.41) is 0. The van der Waals surface area contributed by atoms with Crippen molar-refractivity contribution in [1.29, 1.82) is 0 Å². The van der Waals surface area contributed by atoms with Gasteiger partial charge in [-0.3, -0.25) is 0 Å². The van der Waals surface area contributed by atoms with Crippen LogP contribution in [0.5, 0.6) is 0 Å². The van der Waals surface area contributed by atoms with Crippen molar-refractivity contribution in [2.75, 3.05) is 4.90 Å². The summed E-state index contributed by atoms with van der Waals surface area (Å²) >= 11 is 0. The molecule has 0 aromatic heterocycles. The van der Waals surface area contributed by atoms with Crippen LogP contribution in [-0.4, -0.2) is 0 Å². The van der Waals surface area contributed by atoms with Gasteiger partial charge < -0.3 is 4.90 Å². The van der Waals surface area contributed by atoms with Gasteiger partial charge >= 0.3 is 0 Å². The van der Waals surface area contributed by atoms with E-state index in [0.29, 0.717) is 0 Å². The molecule has 2 aliphatic rings. The number of nitrogens with zero attached hydrogens (tertiary/aromatic N) is 1. The predicted molar refractivity (Wildman–Crippen MR) is 250 cm³/mol. The zero-order chi connectivity index (χ0) is 40.1. The quantitative estimate of drug-likeness (QED) is 0.133. The van der Waals surface area contributed by atoms with Crippen molar-refractivity contribution in [2.24, 2.45) is 0 Å². The lowest BCUT2D eigenvalue weighted by Crippen LogP contribution is -2.28. The normalized spacial score (nSPS) is 14.1. The molecule has 0 aliphatic heterocycles. The molecule has 0 saturated heterocycles. The topological polar surface area (TPSA) is 3.24 Å². The molecule has 0 N–H and O–H groups in total. The molecule has 0 radical (unpaired) electrons. The highest BCUT2D eigenvalue weighted by molar-refractivity contribution is 5.93. The van der Waals surface area contributed by atoms with E-state index in [-0.39, 0.29) is 5.41 Å². The molecule has 0 spiro atoms. The van der Waals surface area contributed by atoms with E-state index >= 15 is 0 Å². The molecule has 10 rings (SSSR count). The number of rotatable bonds is 9. The Balaban J connectivity index is 1.08. The van der Waals surface area contributed by atoms with E-state index < -0.39 is 5.41 Å². The standard InChI is InChI=1S/C58H49N/c1-5-57(6-2)52-38-42(33-36-47(52)48-37-35-46(39-53(48)57)59(54-30-17-13-20-40(54)3)55-31-18-14-21-41(55)4)32-34-43-22-19-29-51-56(43)49-27-15-16-28-50(49)58(51,44-23-9-7-10-24-44)45-25-11-8-12-26-45/h7-39H,5-6H2,1-4H3/b34-32+. The Morgan fingerprint density at radius 3 is 1.61 bits per heavy atom. The van der Waals surface area contributed by atoms with Gasteiger partial charge in [-0.05, 0) is 129 Å². The van der Waals surface area contributed by atoms with Crippen LogP contribution in [0.2, 0.25) is 0 Å². The minimum Gasteiger partial charge on any atom is -0.310 e. The minimum atomic E-state index is -0.410. The summed E-state index contributed by atoms with van der Waals surface area (Å²) in [4.78, 5) is 2.46. The third-order valence-electron chi connectivity index (χ3n) is 13.5. The van der Waals surface area contributed by atoms with E-state index in [1.54, 1.807) is 0 Å². The van der Waals surface area contributed by atoms with Crippen LogP contribution in [0.1, 0.15) is 82.3 Å². The number of benzene rings is 8. The number of fused-ring (bicyclic) bond motifs is 6. The minimum absolute atomic E-state index is 0.0917. The van der Waals surface area contributed by atoms with Crippen molar-refractivity contribution in [3.63, 3.8) is 0 Å². The third kappa shape index (κ3) is 5.59. The molecule has 59 heavy (non-hydrogen) atoms. The lowest BCUT2D eigenvalue weighted by molar-refractivity contribution is 0.490. The lowest BCUT2D eigenvalue weighted by atomic mass is 9.67. The molecule has 286 valence electrons. The van der Waals surface area contributed by atoms with Gasteiger partial charge in [-0.1, -0.05) is 190 Å². The molecular weight excluding hydrogens is 711 g/mol. The predicted octanol–water partition coefficient (Wildman–Crippen LogP) is 15.4. The Kier molecular flexibility index (Phi) is 9.06. The van der Waals surface area contributed by atoms with E-state index in [2.05, 4.69) is 233 Å². The van der Waals surface area contributed by atoms with Crippen molar-refractivity contribution in [3.05, 3.63) is 244 Å². The molecule has 0 amide bonds. The van der Waals surface area contributed by atoms with Gasteiger partial charge in [0, 0.05) is 22.5 Å². The number of hydrogen-bond acceptors (Lipinski definition) is 1. The molecule has 0 saturated carbocycles. The van der Waals surface area contributed by atoms with E-state index in [0.717, 1.165) is 12.8 Å². The van der Waals surface area contributed by atoms with E-state index in [9.17, 15) is 0 Å². The van der Waals surface area contributed by atoms with Crippen molar-refractivity contribution in [2.45, 2.75) is 51.4 Å². The second-order valence-corrected chi connectivity index (χ2v) is 16.4. The molecule has 1 nitrogen and oxygen atoms in total. The van der Waals surface area contributed by atoms with Crippen molar-refractivity contribution in [3.8, 4) is 22.3 Å². The molecule has 1 heteroatoms. The molecule has 0 atom stereocenters.